The van der Waals surface area contributed by atoms with E-state index in [1.54, 1.807) is 17.0 Å². The molecule has 0 unspecified atom stereocenters. The first-order valence-electron chi connectivity index (χ1n) is 14.6. The van der Waals surface area contributed by atoms with Gasteiger partial charge in [0, 0.05) is 34.4 Å². The number of aromatic hydroxyl groups is 1. The predicted molar refractivity (Wildman–Crippen MR) is 175 cm³/mol. The molecule has 0 saturated heterocycles. The Labute approximate surface area is 263 Å². The van der Waals surface area contributed by atoms with Gasteiger partial charge in [-0.3, -0.25) is 9.69 Å². The number of phenolic OH excluding ortho intramolecular Hbond substituents is 1. The van der Waals surface area contributed by atoms with Crippen molar-refractivity contribution >= 4 is 55.7 Å². The van der Waals surface area contributed by atoms with Gasteiger partial charge < -0.3 is 23.7 Å². The number of amides is 1. The van der Waals surface area contributed by atoms with E-state index in [0.29, 0.717) is 41.4 Å². The maximum absolute atomic E-state index is 14.2. The highest BCUT2D eigenvalue weighted by Crippen LogP contribution is 2.44. The van der Waals surface area contributed by atoms with Gasteiger partial charge in [0.05, 0.1) is 18.1 Å². The third-order valence-corrected chi connectivity index (χ3v) is 8.36. The fourth-order valence-electron chi connectivity index (χ4n) is 5.46. The highest BCUT2D eigenvalue weighted by Gasteiger charge is 2.31. The molecule has 1 aliphatic heterocycles. The van der Waals surface area contributed by atoms with E-state index < -0.39 is 17.1 Å². The van der Waals surface area contributed by atoms with Gasteiger partial charge in [-0.05, 0) is 83.2 Å². The maximum Gasteiger partial charge on any atom is 0.419 e. The summed E-state index contributed by atoms with van der Waals surface area (Å²) in [6.07, 6.45) is 7.38. The minimum absolute atomic E-state index is 0.0414. The van der Waals surface area contributed by atoms with Crippen LogP contribution in [0.2, 0.25) is 0 Å². The van der Waals surface area contributed by atoms with Crippen molar-refractivity contribution in [1.29, 1.82) is 0 Å². The number of halogens is 1. The normalized spacial score (nSPS) is 15.0. The Morgan fingerprint density at radius 1 is 1.16 bits per heavy atom. The van der Waals surface area contributed by atoms with Crippen LogP contribution in [0.25, 0.3) is 28.0 Å². The lowest BCUT2D eigenvalue weighted by atomic mass is 9.97. The van der Waals surface area contributed by atoms with Crippen LogP contribution in [0.1, 0.15) is 51.7 Å². The molecule has 228 valence electrons. The summed E-state index contributed by atoms with van der Waals surface area (Å²) in [7, 11) is 1.47. The summed E-state index contributed by atoms with van der Waals surface area (Å²) in [4.78, 5) is 29.6. The molecule has 1 saturated carbocycles. The van der Waals surface area contributed by atoms with Crippen LogP contribution < -0.4 is 24.5 Å². The van der Waals surface area contributed by atoms with Crippen LogP contribution in [-0.2, 0) is 6.42 Å². The quantitative estimate of drug-likeness (QED) is 0.157. The van der Waals surface area contributed by atoms with Crippen LogP contribution >= 0.6 is 15.9 Å². The number of rotatable bonds is 7. The van der Waals surface area contributed by atoms with Crippen molar-refractivity contribution in [2.24, 2.45) is 5.92 Å². The van der Waals surface area contributed by atoms with Gasteiger partial charge in [-0.15, -0.1) is 0 Å². The number of hydrogen-bond donors (Lipinski definition) is 1. The van der Waals surface area contributed by atoms with Crippen molar-refractivity contribution in [1.82, 2.24) is 0 Å². The molecule has 0 radical (unpaired) electrons. The molecule has 2 aliphatic rings. The van der Waals surface area contributed by atoms with Gasteiger partial charge in [0.15, 0.2) is 11.5 Å². The first-order valence-corrected chi connectivity index (χ1v) is 15.4. The second-order valence-corrected chi connectivity index (χ2v) is 13.0. The lowest BCUT2D eigenvalue weighted by Crippen LogP contribution is -2.35. The average Bonchev–Trinajstić information content (AvgIpc) is 3.78. The first kappa shape index (κ1) is 29.8. The zero-order valence-electron chi connectivity index (χ0n) is 25.3. The predicted octanol–water partition coefficient (Wildman–Crippen LogP) is 8.53. The Morgan fingerprint density at radius 2 is 1.91 bits per heavy atom. The highest BCUT2D eigenvalue weighted by molar-refractivity contribution is 9.10. The molecule has 1 aliphatic carbocycles. The molecule has 1 fully saturated rings. The number of allylic oxidation sites excluding steroid dienone is 2. The van der Waals surface area contributed by atoms with Crippen molar-refractivity contribution in [3.05, 3.63) is 79.9 Å². The van der Waals surface area contributed by atoms with E-state index in [0.717, 1.165) is 22.9 Å². The van der Waals surface area contributed by atoms with Gasteiger partial charge in [-0.25, -0.2) is 4.79 Å². The summed E-state index contributed by atoms with van der Waals surface area (Å²) in [5.41, 5.74) is 1.97. The van der Waals surface area contributed by atoms with E-state index in [1.165, 1.54) is 13.2 Å². The summed E-state index contributed by atoms with van der Waals surface area (Å²) in [6, 6.07) is 10.6. The van der Waals surface area contributed by atoms with Crippen LogP contribution in [0.3, 0.4) is 0 Å². The van der Waals surface area contributed by atoms with Crippen molar-refractivity contribution in [2.75, 3.05) is 18.6 Å². The summed E-state index contributed by atoms with van der Waals surface area (Å²) < 4.78 is 25.1. The van der Waals surface area contributed by atoms with E-state index >= 15 is 0 Å². The molecular formula is C35H34BrNO7. The largest absolute Gasteiger partial charge is 0.506 e. The van der Waals surface area contributed by atoms with Gasteiger partial charge in [-0.2, -0.15) is 0 Å². The topological polar surface area (TPSA) is 98.4 Å². The standard InChI is InChI=1S/C35H34BrNO7/c1-19(2)9-12-24-29-26(42-27-16-25-23(13-14-35(3,4)44-25)31(38)30(27)32(29)39)17-28(33(24)41-5)43-34(40)37(18-20-10-11-20)22-8-6-7-21(36)15-22/h6-9,13-17,20,38H,10-12,18H2,1-5H3. The van der Waals surface area contributed by atoms with E-state index in [2.05, 4.69) is 15.9 Å². The monoisotopic (exact) mass is 659 g/mol. The number of methoxy groups -OCH3 is 1. The highest BCUT2D eigenvalue weighted by atomic mass is 79.9. The van der Waals surface area contributed by atoms with E-state index in [9.17, 15) is 14.7 Å². The second kappa shape index (κ2) is 11.4. The molecule has 2 heterocycles. The number of benzene rings is 3. The molecule has 6 rings (SSSR count). The van der Waals surface area contributed by atoms with Crippen molar-refractivity contribution in [3.8, 4) is 23.0 Å². The molecule has 4 aromatic rings. The Morgan fingerprint density at radius 3 is 2.59 bits per heavy atom. The maximum atomic E-state index is 14.2. The Kier molecular flexibility index (Phi) is 7.70. The molecule has 0 atom stereocenters. The van der Waals surface area contributed by atoms with Crippen LogP contribution in [0, 0.1) is 5.92 Å². The van der Waals surface area contributed by atoms with Crippen LogP contribution in [0.4, 0.5) is 10.5 Å². The summed E-state index contributed by atoms with van der Waals surface area (Å²) >= 11 is 3.50. The van der Waals surface area contributed by atoms with Gasteiger partial charge in [0.25, 0.3) is 0 Å². The molecule has 3 aromatic carbocycles. The SMILES string of the molecule is COc1c(OC(=O)N(CC2CC2)c2cccc(Br)c2)cc2oc3cc4c(c(O)c3c(=O)c2c1CC=C(C)C)C=CC(C)(C)O4. The molecule has 1 amide bonds. The lowest BCUT2D eigenvalue weighted by Gasteiger charge is -2.28. The molecule has 1 aromatic heterocycles. The number of carbonyl (C=O) groups excluding carboxylic acids is 1. The number of carbonyl (C=O) groups is 1. The molecule has 8 nitrogen and oxygen atoms in total. The van der Waals surface area contributed by atoms with Gasteiger partial charge in [0.2, 0.25) is 5.43 Å². The van der Waals surface area contributed by atoms with E-state index in [1.807, 2.05) is 64.1 Å². The minimum atomic E-state index is -0.600. The fraction of sp³-hybridized carbons (Fsp3) is 0.314. The van der Waals surface area contributed by atoms with Gasteiger partial charge in [0.1, 0.15) is 33.7 Å². The fourth-order valence-corrected chi connectivity index (χ4v) is 5.85. The van der Waals surface area contributed by atoms with E-state index in [4.69, 9.17) is 18.6 Å². The minimum Gasteiger partial charge on any atom is -0.506 e. The lowest BCUT2D eigenvalue weighted by molar-refractivity contribution is 0.158. The number of nitrogens with zero attached hydrogens (tertiary/aromatic N) is 1. The Hall–Kier alpha value is -4.24. The Balaban J connectivity index is 1.54. The van der Waals surface area contributed by atoms with Crippen LogP contribution in [0.15, 0.2) is 67.8 Å². The average molecular weight is 661 g/mol. The number of phenols is 1. The van der Waals surface area contributed by atoms with E-state index in [-0.39, 0.29) is 39.2 Å². The number of fused-ring (bicyclic) bond motifs is 3. The third-order valence-electron chi connectivity index (χ3n) is 7.87. The third kappa shape index (κ3) is 5.68. The van der Waals surface area contributed by atoms with Crippen molar-refractivity contribution in [3.63, 3.8) is 0 Å². The molecular weight excluding hydrogens is 626 g/mol. The molecule has 1 N–H and O–H groups in total. The smallest absolute Gasteiger partial charge is 0.419 e. The summed E-state index contributed by atoms with van der Waals surface area (Å²) in [5, 5.41) is 11.6. The zero-order chi connectivity index (χ0) is 31.3. The molecule has 44 heavy (non-hydrogen) atoms. The van der Waals surface area contributed by atoms with Gasteiger partial charge >= 0.3 is 6.09 Å². The van der Waals surface area contributed by atoms with Crippen LogP contribution in [0.5, 0.6) is 23.0 Å². The molecule has 0 spiro atoms. The Bertz CT molecular complexity index is 1930. The van der Waals surface area contributed by atoms with Crippen molar-refractivity contribution in [2.45, 2.75) is 52.6 Å². The molecule has 0 bridgehead atoms. The molecule has 9 heteroatoms. The number of hydrogen-bond acceptors (Lipinski definition) is 7. The second-order valence-electron chi connectivity index (χ2n) is 12.1. The number of ether oxygens (including phenoxy) is 3. The summed E-state index contributed by atoms with van der Waals surface area (Å²) in [5.74, 6) is 0.964. The number of anilines is 1. The van der Waals surface area contributed by atoms with Crippen molar-refractivity contribution < 1.29 is 28.5 Å². The summed E-state index contributed by atoms with van der Waals surface area (Å²) in [6.45, 7) is 8.22. The first-order chi connectivity index (χ1) is 21.0. The van der Waals surface area contributed by atoms with Gasteiger partial charge in [-0.1, -0.05) is 33.6 Å². The zero-order valence-corrected chi connectivity index (χ0v) is 26.9. The van der Waals surface area contributed by atoms with Crippen LogP contribution in [-0.4, -0.2) is 30.5 Å².